The van der Waals surface area contributed by atoms with Gasteiger partial charge < -0.3 is 26.4 Å². The van der Waals surface area contributed by atoms with Crippen LogP contribution in [0.25, 0.3) is 0 Å². The first-order chi connectivity index (χ1) is 16.4. The van der Waals surface area contributed by atoms with Gasteiger partial charge in [-0.15, -0.1) is 0 Å². The zero-order valence-electron chi connectivity index (χ0n) is 20.3. The summed E-state index contributed by atoms with van der Waals surface area (Å²) in [6, 6.07) is -2.02. The van der Waals surface area contributed by atoms with Gasteiger partial charge >= 0.3 is 11.9 Å². The molecule has 0 aliphatic heterocycles. The van der Waals surface area contributed by atoms with E-state index in [4.69, 9.17) is 26.4 Å². The normalized spacial score (nSPS) is 13.7. The summed E-state index contributed by atoms with van der Waals surface area (Å²) in [6.07, 6.45) is 3.67. The van der Waals surface area contributed by atoms with Crippen LogP contribution in [0, 0.1) is 0 Å². The number of hydrogen-bond donors (Lipinski definition) is 6. The van der Waals surface area contributed by atoms with E-state index in [1.165, 1.54) is 12.2 Å². The van der Waals surface area contributed by atoms with E-state index in [9.17, 15) is 29.6 Å². The highest BCUT2D eigenvalue weighted by molar-refractivity contribution is 5.87. The monoisotopic (exact) mass is 502 g/mol. The Morgan fingerprint density at radius 2 is 1.31 bits per heavy atom. The molecule has 0 aliphatic rings. The van der Waals surface area contributed by atoms with Crippen LogP contribution < -0.4 is 11.5 Å². The van der Waals surface area contributed by atoms with E-state index in [1.54, 1.807) is 13.8 Å². The lowest BCUT2D eigenvalue weighted by molar-refractivity contribution is -0.160. The number of carboxylic acids is 1. The molecule has 0 saturated carbocycles. The Hall–Kier alpha value is -2.84. The van der Waals surface area contributed by atoms with Crippen molar-refractivity contribution >= 4 is 23.8 Å². The van der Waals surface area contributed by atoms with Crippen molar-refractivity contribution in [1.82, 2.24) is 10.1 Å². The standard InChI is InChI=1S/C22H38N4O9/c1-15(7-11-27)13-19(28)26(34)10-4-6-18(24)22(32)35-12-8-16(2)14-20(29)25(33)9-3-5-17(23)21(30)31/h13-14,17-18,27,33-34H,3-12,23-24H2,1-2H3,(H,30,31). The molecule has 0 aromatic heterocycles. The Balaban J connectivity index is 4.26. The van der Waals surface area contributed by atoms with E-state index >= 15 is 0 Å². The average Bonchev–Trinajstić information content (AvgIpc) is 2.78. The molecule has 0 aromatic rings. The van der Waals surface area contributed by atoms with Crippen molar-refractivity contribution in [2.45, 2.75) is 64.5 Å². The van der Waals surface area contributed by atoms with Crippen molar-refractivity contribution in [2.24, 2.45) is 11.5 Å². The highest BCUT2D eigenvalue weighted by atomic mass is 16.5. The molecular formula is C22H38N4O9. The number of amides is 2. The summed E-state index contributed by atoms with van der Waals surface area (Å²) in [6.45, 7) is 3.01. The third-order valence-corrected chi connectivity index (χ3v) is 4.89. The molecule has 13 nitrogen and oxygen atoms in total. The van der Waals surface area contributed by atoms with Crippen LogP contribution in [-0.2, 0) is 23.9 Å². The molecule has 2 amide bonds. The van der Waals surface area contributed by atoms with Crippen LogP contribution in [0.15, 0.2) is 23.3 Å². The third-order valence-electron chi connectivity index (χ3n) is 4.89. The summed E-state index contributed by atoms with van der Waals surface area (Å²) in [5.41, 5.74) is 12.3. The zero-order valence-corrected chi connectivity index (χ0v) is 20.3. The van der Waals surface area contributed by atoms with Crippen LogP contribution in [-0.4, -0.2) is 92.9 Å². The van der Waals surface area contributed by atoms with Crippen LogP contribution >= 0.6 is 0 Å². The Morgan fingerprint density at radius 1 is 0.857 bits per heavy atom. The molecule has 13 heteroatoms. The van der Waals surface area contributed by atoms with Crippen molar-refractivity contribution < 1.29 is 44.5 Å². The van der Waals surface area contributed by atoms with Gasteiger partial charge in [0.1, 0.15) is 12.1 Å². The maximum atomic E-state index is 12.0. The number of aliphatic carboxylic acids is 1. The van der Waals surface area contributed by atoms with Crippen molar-refractivity contribution in [3.05, 3.63) is 23.3 Å². The topological polar surface area (TPSA) is 217 Å². The van der Waals surface area contributed by atoms with Gasteiger partial charge in [0, 0.05) is 38.3 Å². The minimum Gasteiger partial charge on any atom is -0.480 e. The molecule has 0 heterocycles. The predicted octanol–water partition coefficient (Wildman–Crippen LogP) is -0.0701. The Kier molecular flexibility index (Phi) is 16.1. The fraction of sp³-hybridized carbons (Fsp3) is 0.636. The van der Waals surface area contributed by atoms with Gasteiger partial charge in [-0.2, -0.15) is 0 Å². The number of carbonyl (C=O) groups excluding carboxylic acids is 3. The Morgan fingerprint density at radius 3 is 1.77 bits per heavy atom. The number of hydroxylamine groups is 4. The Bertz CT molecular complexity index is 770. The zero-order chi connectivity index (χ0) is 27.0. The summed E-state index contributed by atoms with van der Waals surface area (Å²) >= 11 is 0. The lowest BCUT2D eigenvalue weighted by Crippen LogP contribution is -2.34. The molecule has 0 saturated heterocycles. The number of aliphatic hydroxyl groups excluding tert-OH is 1. The molecule has 200 valence electrons. The first kappa shape index (κ1) is 32.2. The highest BCUT2D eigenvalue weighted by Gasteiger charge is 2.17. The number of carboxylic acid groups (broad SMARTS) is 1. The second kappa shape index (κ2) is 17.6. The van der Waals surface area contributed by atoms with Gasteiger partial charge in [0.2, 0.25) is 0 Å². The number of ether oxygens (including phenoxy) is 1. The summed E-state index contributed by atoms with van der Waals surface area (Å²) in [5, 5.41) is 37.9. The maximum absolute atomic E-state index is 12.0. The summed E-state index contributed by atoms with van der Waals surface area (Å²) in [5.74, 6) is -3.15. The minimum atomic E-state index is -1.16. The molecule has 0 fully saturated rings. The fourth-order valence-electron chi connectivity index (χ4n) is 2.69. The molecule has 0 aromatic carbocycles. The average molecular weight is 503 g/mol. The van der Waals surface area contributed by atoms with Crippen molar-refractivity contribution in [3.8, 4) is 0 Å². The number of hydrogen-bond acceptors (Lipinski definition) is 10. The number of rotatable bonds is 17. The third kappa shape index (κ3) is 14.9. The van der Waals surface area contributed by atoms with E-state index in [1.807, 2.05) is 0 Å². The van der Waals surface area contributed by atoms with Gasteiger partial charge in [-0.25, -0.2) is 10.1 Å². The van der Waals surface area contributed by atoms with Crippen LogP contribution in [0.3, 0.4) is 0 Å². The van der Waals surface area contributed by atoms with E-state index < -0.39 is 35.8 Å². The van der Waals surface area contributed by atoms with Gasteiger partial charge in [-0.3, -0.25) is 29.6 Å². The van der Waals surface area contributed by atoms with Gasteiger partial charge in [0.15, 0.2) is 0 Å². The van der Waals surface area contributed by atoms with Gasteiger partial charge in [0.25, 0.3) is 11.8 Å². The van der Waals surface area contributed by atoms with Crippen molar-refractivity contribution in [3.63, 3.8) is 0 Å². The molecule has 0 aliphatic carbocycles. The summed E-state index contributed by atoms with van der Waals surface area (Å²) < 4.78 is 5.08. The van der Waals surface area contributed by atoms with E-state index in [-0.39, 0.29) is 58.4 Å². The van der Waals surface area contributed by atoms with Crippen LogP contribution in [0.1, 0.15) is 52.4 Å². The second-order valence-corrected chi connectivity index (χ2v) is 8.13. The lowest BCUT2D eigenvalue weighted by Gasteiger charge is -2.16. The minimum absolute atomic E-state index is 0.0351. The first-order valence-corrected chi connectivity index (χ1v) is 11.3. The second-order valence-electron chi connectivity index (χ2n) is 8.13. The van der Waals surface area contributed by atoms with Gasteiger partial charge in [-0.05, 0) is 46.0 Å². The van der Waals surface area contributed by atoms with Crippen molar-refractivity contribution in [2.75, 3.05) is 26.3 Å². The fourth-order valence-corrected chi connectivity index (χ4v) is 2.69. The smallest absolute Gasteiger partial charge is 0.322 e. The molecular weight excluding hydrogens is 464 g/mol. The SMILES string of the molecule is CC(=CC(=O)N(O)CCCC(N)C(=O)OCCC(C)=CC(=O)N(O)CCCC(N)C(=O)O)CCO. The molecule has 2 unspecified atom stereocenters. The van der Waals surface area contributed by atoms with Crippen molar-refractivity contribution in [1.29, 1.82) is 0 Å². The van der Waals surface area contributed by atoms with E-state index in [0.29, 0.717) is 27.7 Å². The molecule has 0 rings (SSSR count). The number of nitrogens with two attached hydrogens (primary N) is 2. The lowest BCUT2D eigenvalue weighted by atomic mass is 10.1. The molecule has 0 radical (unpaired) electrons. The largest absolute Gasteiger partial charge is 0.480 e. The predicted molar refractivity (Wildman–Crippen MR) is 124 cm³/mol. The molecule has 2 atom stereocenters. The number of aliphatic hydroxyl groups is 1. The first-order valence-electron chi connectivity index (χ1n) is 11.3. The summed E-state index contributed by atoms with van der Waals surface area (Å²) in [4.78, 5) is 46.4. The van der Waals surface area contributed by atoms with Gasteiger partial charge in [0.05, 0.1) is 6.61 Å². The molecule has 0 bridgehead atoms. The quantitative estimate of drug-likeness (QED) is 0.0669. The number of nitrogens with zero attached hydrogens (tertiary/aromatic N) is 2. The number of carbonyl (C=O) groups is 4. The molecule has 0 spiro atoms. The van der Waals surface area contributed by atoms with E-state index in [0.717, 1.165) is 0 Å². The molecule has 8 N–H and O–H groups in total. The van der Waals surface area contributed by atoms with Crippen LogP contribution in [0.4, 0.5) is 0 Å². The highest BCUT2D eigenvalue weighted by Crippen LogP contribution is 2.06. The van der Waals surface area contributed by atoms with Crippen LogP contribution in [0.2, 0.25) is 0 Å². The Labute approximate surface area is 204 Å². The molecule has 35 heavy (non-hydrogen) atoms. The van der Waals surface area contributed by atoms with E-state index in [2.05, 4.69) is 0 Å². The maximum Gasteiger partial charge on any atom is 0.322 e. The van der Waals surface area contributed by atoms with Gasteiger partial charge in [-0.1, -0.05) is 11.1 Å². The summed E-state index contributed by atoms with van der Waals surface area (Å²) in [7, 11) is 0. The van der Waals surface area contributed by atoms with Crippen LogP contribution in [0.5, 0.6) is 0 Å². The number of esters is 1.